The molecule has 1 saturated heterocycles. The fourth-order valence-corrected chi connectivity index (χ4v) is 5.21. The van der Waals surface area contributed by atoms with Crippen molar-refractivity contribution in [3.8, 4) is 16.9 Å². The van der Waals surface area contributed by atoms with Crippen LogP contribution in [0.15, 0.2) is 85.3 Å². The number of anilines is 5. The Kier molecular flexibility index (Phi) is 8.52. The van der Waals surface area contributed by atoms with Gasteiger partial charge in [-0.15, -0.1) is 0 Å². The molecule has 1 fully saturated rings. The van der Waals surface area contributed by atoms with E-state index in [0.29, 0.717) is 48.0 Å². The molecule has 11 heteroatoms. The fraction of sp³-hybridized carbons (Fsp3) is 0.206. The highest BCUT2D eigenvalue weighted by Gasteiger charge is 2.25. The van der Waals surface area contributed by atoms with E-state index in [9.17, 15) is 14.4 Å². The van der Waals surface area contributed by atoms with Gasteiger partial charge in [0.05, 0.1) is 23.8 Å². The highest BCUT2D eigenvalue weighted by molar-refractivity contribution is 6.05. The third-order valence-electron chi connectivity index (χ3n) is 7.44. The van der Waals surface area contributed by atoms with Gasteiger partial charge in [0.2, 0.25) is 11.8 Å². The molecule has 0 saturated carbocycles. The second kappa shape index (κ2) is 13.0. The van der Waals surface area contributed by atoms with E-state index < -0.39 is 0 Å². The van der Waals surface area contributed by atoms with Gasteiger partial charge in [-0.2, -0.15) is 0 Å². The van der Waals surface area contributed by atoms with E-state index in [1.807, 2.05) is 49.5 Å². The van der Waals surface area contributed by atoms with Crippen molar-refractivity contribution in [1.82, 2.24) is 14.9 Å². The molecule has 0 radical (unpaired) electrons. The van der Waals surface area contributed by atoms with Crippen LogP contribution in [0.4, 0.5) is 28.6 Å². The summed E-state index contributed by atoms with van der Waals surface area (Å²) in [6.45, 7) is 1.77. The summed E-state index contributed by atoms with van der Waals surface area (Å²) in [5, 5.41) is 8.90. The van der Waals surface area contributed by atoms with Crippen molar-refractivity contribution < 1.29 is 19.1 Å². The van der Waals surface area contributed by atoms with Gasteiger partial charge in [0.25, 0.3) is 5.91 Å². The molecule has 3 N–H and O–H groups in total. The average molecular weight is 604 g/mol. The Morgan fingerprint density at radius 1 is 0.956 bits per heavy atom. The molecule has 0 aliphatic carbocycles. The Hall–Kier alpha value is -5.55. The molecule has 0 spiro atoms. The number of ether oxygens (including phenoxy) is 1. The van der Waals surface area contributed by atoms with E-state index in [4.69, 9.17) is 4.74 Å². The Labute approximate surface area is 260 Å². The number of likely N-dealkylation sites (N-methyl/N-ethyl adjacent to an activating group) is 1. The van der Waals surface area contributed by atoms with Crippen molar-refractivity contribution >= 4 is 46.3 Å². The lowest BCUT2D eigenvalue weighted by atomic mass is 9.98. The first-order valence-corrected chi connectivity index (χ1v) is 14.6. The lowest BCUT2D eigenvalue weighted by Gasteiger charge is -2.24. The molecule has 2 aromatic heterocycles. The van der Waals surface area contributed by atoms with Gasteiger partial charge in [-0.25, -0.2) is 4.98 Å². The summed E-state index contributed by atoms with van der Waals surface area (Å²) in [5.41, 5.74) is 5.94. The van der Waals surface area contributed by atoms with Gasteiger partial charge in [0.15, 0.2) is 0 Å². The number of rotatable bonds is 9. The van der Waals surface area contributed by atoms with E-state index in [2.05, 4.69) is 25.9 Å². The molecular weight excluding hydrogens is 570 g/mol. The molecule has 4 aromatic rings. The maximum atomic E-state index is 12.9. The monoisotopic (exact) mass is 603 g/mol. The Bertz CT molecular complexity index is 1790. The topological polar surface area (TPSA) is 129 Å². The van der Waals surface area contributed by atoms with E-state index in [1.165, 1.54) is 6.08 Å². The SMILES string of the molecule is CN(C)CC=CC(=O)Nc1ccc(C(=O)Nc2cncc(Nc3cc4c(cn3)-c3ccc(N5CCCC5=O)cc3OC4)c2)cc1. The summed E-state index contributed by atoms with van der Waals surface area (Å²) in [4.78, 5) is 49.8. The first-order chi connectivity index (χ1) is 21.8. The number of benzene rings is 2. The van der Waals surface area contributed by atoms with Crippen molar-refractivity contribution in [2.24, 2.45) is 0 Å². The van der Waals surface area contributed by atoms with E-state index in [1.54, 1.807) is 53.7 Å². The van der Waals surface area contributed by atoms with Crippen LogP contribution in [0, 0.1) is 0 Å². The van der Waals surface area contributed by atoms with E-state index in [0.717, 1.165) is 41.1 Å². The second-order valence-corrected chi connectivity index (χ2v) is 11.1. The quantitative estimate of drug-likeness (QED) is 0.222. The lowest BCUT2D eigenvalue weighted by molar-refractivity contribution is -0.117. The highest BCUT2D eigenvalue weighted by atomic mass is 16.5. The number of aromatic nitrogens is 2. The molecule has 45 heavy (non-hydrogen) atoms. The maximum absolute atomic E-state index is 12.9. The van der Waals surface area contributed by atoms with Crippen LogP contribution < -0.4 is 25.6 Å². The molecule has 2 aliphatic rings. The summed E-state index contributed by atoms with van der Waals surface area (Å²) in [6, 6.07) is 16.2. The first-order valence-electron chi connectivity index (χ1n) is 14.6. The second-order valence-electron chi connectivity index (χ2n) is 11.1. The standard InChI is InChI=1S/C34H33N7O4/c1-40(2)13-3-5-32(42)38-24-9-7-22(8-10-24)34(44)39-26-16-25(18-35-19-26)37-31-15-23-21-45-30-17-27(41-14-4-6-33(41)43)11-12-28(30)29(23)20-36-31/h3,5,7-12,15-20H,4,6,13-14,21H2,1-2H3,(H,36,37)(H,38,42)(H,39,44). The summed E-state index contributed by atoms with van der Waals surface area (Å²) in [5.74, 6) is 0.946. The number of carbonyl (C=O) groups is 3. The predicted octanol–water partition coefficient (Wildman–Crippen LogP) is 5.22. The average Bonchev–Trinajstić information content (AvgIpc) is 3.46. The van der Waals surface area contributed by atoms with Crippen LogP contribution in [-0.2, 0) is 16.2 Å². The Morgan fingerprint density at radius 3 is 2.56 bits per heavy atom. The zero-order chi connectivity index (χ0) is 31.3. The third kappa shape index (κ3) is 7.00. The number of carbonyl (C=O) groups excluding carboxylic acids is 3. The van der Waals surface area contributed by atoms with Gasteiger partial charge in [-0.3, -0.25) is 19.4 Å². The lowest BCUT2D eigenvalue weighted by Crippen LogP contribution is -2.23. The maximum Gasteiger partial charge on any atom is 0.255 e. The van der Waals surface area contributed by atoms with Crippen molar-refractivity contribution in [3.63, 3.8) is 0 Å². The van der Waals surface area contributed by atoms with Crippen LogP contribution >= 0.6 is 0 Å². The number of nitrogens with one attached hydrogen (secondary N) is 3. The molecule has 6 rings (SSSR count). The minimum Gasteiger partial charge on any atom is -0.488 e. The molecule has 3 amide bonds. The van der Waals surface area contributed by atoms with Crippen molar-refractivity contribution in [2.75, 3.05) is 48.0 Å². The smallest absolute Gasteiger partial charge is 0.255 e. The van der Waals surface area contributed by atoms with Gasteiger partial charge in [0.1, 0.15) is 18.2 Å². The minimum atomic E-state index is -0.308. The number of nitrogens with zero attached hydrogens (tertiary/aromatic N) is 4. The molecule has 4 heterocycles. The van der Waals surface area contributed by atoms with Gasteiger partial charge in [0, 0.05) is 71.5 Å². The van der Waals surface area contributed by atoms with E-state index >= 15 is 0 Å². The van der Waals surface area contributed by atoms with Crippen LogP contribution in [0.25, 0.3) is 11.1 Å². The van der Waals surface area contributed by atoms with Crippen LogP contribution in [-0.4, -0.2) is 59.8 Å². The summed E-state index contributed by atoms with van der Waals surface area (Å²) in [6.07, 6.45) is 9.73. The zero-order valence-electron chi connectivity index (χ0n) is 25.0. The molecule has 0 atom stereocenters. The minimum absolute atomic E-state index is 0.141. The normalized spacial score (nSPS) is 13.8. The van der Waals surface area contributed by atoms with Crippen LogP contribution in [0.3, 0.4) is 0 Å². The molecule has 0 bridgehead atoms. The Balaban J connectivity index is 1.08. The highest BCUT2D eigenvalue weighted by Crippen LogP contribution is 2.40. The van der Waals surface area contributed by atoms with Gasteiger partial charge >= 0.3 is 0 Å². The number of fused-ring (bicyclic) bond motifs is 3. The van der Waals surface area contributed by atoms with Crippen LogP contribution in [0.2, 0.25) is 0 Å². The molecule has 0 unspecified atom stereocenters. The number of hydrogen-bond acceptors (Lipinski definition) is 8. The molecule has 2 aromatic carbocycles. The van der Waals surface area contributed by atoms with Gasteiger partial charge in [-0.1, -0.05) is 6.08 Å². The van der Waals surface area contributed by atoms with Crippen LogP contribution in [0.1, 0.15) is 28.8 Å². The first kappa shape index (κ1) is 29.5. The molecule has 228 valence electrons. The number of amides is 3. The third-order valence-corrected chi connectivity index (χ3v) is 7.44. The number of pyridine rings is 2. The predicted molar refractivity (Wildman–Crippen MR) is 174 cm³/mol. The summed E-state index contributed by atoms with van der Waals surface area (Å²) in [7, 11) is 3.85. The van der Waals surface area contributed by atoms with Crippen molar-refractivity contribution in [2.45, 2.75) is 19.4 Å². The van der Waals surface area contributed by atoms with Gasteiger partial charge < -0.3 is 30.5 Å². The molecular formula is C34H33N7O4. The van der Waals surface area contributed by atoms with Crippen molar-refractivity contribution in [1.29, 1.82) is 0 Å². The summed E-state index contributed by atoms with van der Waals surface area (Å²) >= 11 is 0. The fourth-order valence-electron chi connectivity index (χ4n) is 5.21. The zero-order valence-corrected chi connectivity index (χ0v) is 25.0. The van der Waals surface area contributed by atoms with Crippen molar-refractivity contribution in [3.05, 3.63) is 96.5 Å². The summed E-state index contributed by atoms with van der Waals surface area (Å²) < 4.78 is 6.07. The van der Waals surface area contributed by atoms with Gasteiger partial charge in [-0.05, 0) is 69.0 Å². The van der Waals surface area contributed by atoms with E-state index in [-0.39, 0.29) is 17.7 Å². The molecule has 2 aliphatic heterocycles. The Morgan fingerprint density at radius 2 is 1.78 bits per heavy atom. The number of hydrogen-bond donors (Lipinski definition) is 3. The largest absolute Gasteiger partial charge is 0.488 e. The molecule has 11 nitrogen and oxygen atoms in total. The van der Waals surface area contributed by atoms with Crippen LogP contribution in [0.5, 0.6) is 5.75 Å².